The van der Waals surface area contributed by atoms with Gasteiger partial charge in [-0.15, -0.1) is 0 Å². The number of nitrogens with zero attached hydrogens (tertiary/aromatic N) is 2. The first-order valence-electron chi connectivity index (χ1n) is 10.1. The molecule has 0 saturated carbocycles. The third kappa shape index (κ3) is 5.79. The fourth-order valence-corrected chi connectivity index (χ4v) is 3.51. The van der Waals surface area contributed by atoms with Crippen molar-refractivity contribution in [3.63, 3.8) is 0 Å². The molecule has 1 saturated heterocycles. The highest BCUT2D eigenvalue weighted by molar-refractivity contribution is 5.86. The van der Waals surface area contributed by atoms with Gasteiger partial charge in [0.2, 0.25) is 5.91 Å². The summed E-state index contributed by atoms with van der Waals surface area (Å²) in [6, 6.07) is 14.9. The number of carbonyl (C=O) groups excluding carboxylic acids is 2. The molecule has 3 rings (SSSR count). The quantitative estimate of drug-likeness (QED) is 0.834. The summed E-state index contributed by atoms with van der Waals surface area (Å²) < 4.78 is 5.48. The Bertz CT molecular complexity index is 818. The molecule has 0 aliphatic carbocycles. The second-order valence-corrected chi connectivity index (χ2v) is 8.33. The lowest BCUT2D eigenvalue weighted by Gasteiger charge is -2.29. The fourth-order valence-electron chi connectivity index (χ4n) is 3.51. The lowest BCUT2D eigenvalue weighted by molar-refractivity contribution is -0.126. The molecule has 1 aromatic heterocycles. The summed E-state index contributed by atoms with van der Waals surface area (Å²) in [4.78, 5) is 31.6. The van der Waals surface area contributed by atoms with Gasteiger partial charge in [-0.3, -0.25) is 14.7 Å². The summed E-state index contributed by atoms with van der Waals surface area (Å²) in [6.07, 6.45) is 3.32. The number of hydrogen-bond acceptors (Lipinski definition) is 4. The van der Waals surface area contributed by atoms with E-state index in [0.717, 1.165) is 17.7 Å². The summed E-state index contributed by atoms with van der Waals surface area (Å²) in [7, 11) is 0. The van der Waals surface area contributed by atoms with E-state index >= 15 is 0 Å². The third-order valence-corrected chi connectivity index (χ3v) is 4.84. The maximum Gasteiger partial charge on any atom is 0.410 e. The zero-order valence-corrected chi connectivity index (χ0v) is 17.3. The minimum absolute atomic E-state index is 0.154. The van der Waals surface area contributed by atoms with Crippen LogP contribution in [0.5, 0.6) is 0 Å². The van der Waals surface area contributed by atoms with E-state index in [1.54, 1.807) is 11.1 Å². The largest absolute Gasteiger partial charge is 0.444 e. The highest BCUT2D eigenvalue weighted by Gasteiger charge is 2.37. The maximum absolute atomic E-state index is 13.1. The topological polar surface area (TPSA) is 71.5 Å². The predicted octanol–water partition coefficient (Wildman–Crippen LogP) is 3.88. The normalized spacial score (nSPS) is 17.6. The molecule has 0 radical (unpaired) electrons. The van der Waals surface area contributed by atoms with Crippen LogP contribution < -0.4 is 5.32 Å². The number of aromatic nitrogens is 1. The van der Waals surface area contributed by atoms with E-state index < -0.39 is 17.7 Å². The van der Waals surface area contributed by atoms with Crippen molar-refractivity contribution in [2.45, 2.75) is 57.7 Å². The number of amides is 2. The summed E-state index contributed by atoms with van der Waals surface area (Å²) in [5.41, 5.74) is 1.32. The van der Waals surface area contributed by atoms with Crippen molar-refractivity contribution in [1.29, 1.82) is 0 Å². The van der Waals surface area contributed by atoms with E-state index in [4.69, 9.17) is 4.74 Å². The van der Waals surface area contributed by atoms with E-state index in [9.17, 15) is 9.59 Å². The van der Waals surface area contributed by atoms with Gasteiger partial charge in [0.25, 0.3) is 0 Å². The molecule has 2 aromatic rings. The minimum Gasteiger partial charge on any atom is -0.444 e. The lowest BCUT2D eigenvalue weighted by Crippen LogP contribution is -2.48. The SMILES string of the molecule is CC(C)(C)OC(=O)N1CCCC1C(=O)N[C@@H](Cc1ccccn1)c1ccccc1. The molecule has 0 bridgehead atoms. The number of rotatable bonds is 5. The Kier molecular flexibility index (Phi) is 6.52. The zero-order valence-electron chi connectivity index (χ0n) is 17.3. The van der Waals surface area contributed by atoms with Crippen LogP contribution in [0.25, 0.3) is 0 Å². The van der Waals surface area contributed by atoms with Crippen molar-refractivity contribution in [1.82, 2.24) is 15.2 Å². The molecule has 1 aliphatic heterocycles. The Morgan fingerprint density at radius 3 is 2.55 bits per heavy atom. The van der Waals surface area contributed by atoms with Crippen molar-refractivity contribution < 1.29 is 14.3 Å². The average Bonchev–Trinajstić information content (AvgIpc) is 3.18. The van der Waals surface area contributed by atoms with Crippen molar-refractivity contribution in [3.05, 3.63) is 66.0 Å². The summed E-state index contributed by atoms with van der Waals surface area (Å²) >= 11 is 0. The van der Waals surface area contributed by atoms with Gasteiger partial charge < -0.3 is 10.1 Å². The minimum atomic E-state index is -0.591. The lowest BCUT2D eigenvalue weighted by atomic mass is 10.0. The first-order valence-corrected chi connectivity index (χ1v) is 10.1. The summed E-state index contributed by atoms with van der Waals surface area (Å²) in [5, 5.41) is 3.14. The van der Waals surface area contributed by atoms with Crippen LogP contribution >= 0.6 is 0 Å². The molecule has 2 atom stereocenters. The second kappa shape index (κ2) is 9.07. The molecule has 29 heavy (non-hydrogen) atoms. The Hall–Kier alpha value is -2.89. The van der Waals surface area contributed by atoms with Gasteiger partial charge in [-0.05, 0) is 51.3 Å². The van der Waals surface area contributed by atoms with Crippen molar-refractivity contribution in [3.8, 4) is 0 Å². The summed E-state index contributed by atoms with van der Waals surface area (Å²) in [6.45, 7) is 6.01. The number of carbonyl (C=O) groups is 2. The highest BCUT2D eigenvalue weighted by Crippen LogP contribution is 2.23. The van der Waals surface area contributed by atoms with Crippen molar-refractivity contribution >= 4 is 12.0 Å². The van der Waals surface area contributed by atoms with Crippen LogP contribution in [0.3, 0.4) is 0 Å². The molecule has 1 aliphatic rings. The molecule has 6 heteroatoms. The Morgan fingerprint density at radius 2 is 1.90 bits per heavy atom. The zero-order chi connectivity index (χ0) is 20.9. The van der Waals surface area contributed by atoms with Gasteiger partial charge >= 0.3 is 6.09 Å². The van der Waals surface area contributed by atoms with Crippen molar-refractivity contribution in [2.75, 3.05) is 6.54 Å². The summed E-state index contributed by atoms with van der Waals surface area (Å²) in [5.74, 6) is -0.154. The van der Waals surface area contributed by atoms with Gasteiger partial charge in [0.05, 0.1) is 6.04 Å². The molecule has 1 N–H and O–H groups in total. The number of likely N-dealkylation sites (tertiary alicyclic amines) is 1. The molecular weight excluding hydrogens is 366 g/mol. The number of nitrogens with one attached hydrogen (secondary N) is 1. The molecule has 1 fully saturated rings. The van der Waals surface area contributed by atoms with Gasteiger partial charge in [0.15, 0.2) is 0 Å². The maximum atomic E-state index is 13.1. The van der Waals surface area contributed by atoms with E-state index in [2.05, 4.69) is 10.3 Å². The molecular formula is C23H29N3O3. The highest BCUT2D eigenvalue weighted by atomic mass is 16.6. The third-order valence-electron chi connectivity index (χ3n) is 4.84. The first-order chi connectivity index (χ1) is 13.8. The van der Waals surface area contributed by atoms with Gasteiger partial charge in [-0.2, -0.15) is 0 Å². The average molecular weight is 396 g/mol. The molecule has 154 valence electrons. The smallest absolute Gasteiger partial charge is 0.410 e. The van der Waals surface area contributed by atoms with Crippen LogP contribution in [-0.4, -0.2) is 40.1 Å². The molecule has 0 spiro atoms. The molecule has 2 amide bonds. The van der Waals surface area contributed by atoms with Crippen LogP contribution in [0.1, 0.15) is 50.9 Å². The van der Waals surface area contributed by atoms with Crippen LogP contribution in [-0.2, 0) is 16.0 Å². The molecule has 2 heterocycles. The van der Waals surface area contributed by atoms with E-state index in [0.29, 0.717) is 19.4 Å². The molecule has 1 unspecified atom stereocenters. The van der Waals surface area contributed by atoms with Gasteiger partial charge in [-0.1, -0.05) is 36.4 Å². The Labute approximate surface area is 172 Å². The molecule has 1 aromatic carbocycles. The van der Waals surface area contributed by atoms with E-state index in [1.165, 1.54) is 0 Å². The number of benzene rings is 1. The first kappa shape index (κ1) is 20.8. The van der Waals surface area contributed by atoms with Gasteiger partial charge in [-0.25, -0.2) is 4.79 Å². The Morgan fingerprint density at radius 1 is 1.17 bits per heavy atom. The standard InChI is InChI=1S/C23H29N3O3/c1-23(2,3)29-22(28)26-15-9-13-20(26)21(27)25-19(17-10-5-4-6-11-17)16-18-12-7-8-14-24-18/h4-8,10-12,14,19-20H,9,13,15-16H2,1-3H3,(H,25,27)/t19-,20?/m0/s1. The van der Waals surface area contributed by atoms with Crippen LogP contribution in [0.4, 0.5) is 4.79 Å². The number of pyridine rings is 1. The fraction of sp³-hybridized carbons (Fsp3) is 0.435. The van der Waals surface area contributed by atoms with E-state index in [-0.39, 0.29) is 11.9 Å². The Balaban J connectivity index is 1.74. The predicted molar refractivity (Wildman–Crippen MR) is 111 cm³/mol. The van der Waals surface area contributed by atoms with Gasteiger partial charge in [0.1, 0.15) is 11.6 Å². The van der Waals surface area contributed by atoms with Crippen molar-refractivity contribution in [2.24, 2.45) is 0 Å². The number of hydrogen-bond donors (Lipinski definition) is 1. The monoisotopic (exact) mass is 395 g/mol. The van der Waals surface area contributed by atoms with Gasteiger partial charge in [0, 0.05) is 24.9 Å². The van der Waals surface area contributed by atoms with Crippen LogP contribution in [0.15, 0.2) is 54.7 Å². The molecule has 6 nitrogen and oxygen atoms in total. The van der Waals surface area contributed by atoms with E-state index in [1.807, 2.05) is 69.3 Å². The number of ether oxygens (including phenoxy) is 1. The second-order valence-electron chi connectivity index (χ2n) is 8.33. The van der Waals surface area contributed by atoms with Crippen LogP contribution in [0, 0.1) is 0 Å². The van der Waals surface area contributed by atoms with Crippen LogP contribution in [0.2, 0.25) is 0 Å².